The summed E-state index contributed by atoms with van der Waals surface area (Å²) in [5.74, 6) is -1.11. The molecule has 1 rings (SSSR count). The Morgan fingerprint density at radius 3 is 1.89 bits per heavy atom. The molecule has 0 spiro atoms. The maximum atomic E-state index is 13.2. The van der Waals surface area contributed by atoms with Gasteiger partial charge in [-0.25, -0.2) is 13.4 Å². The molecule has 0 radical (unpaired) electrons. The van der Waals surface area contributed by atoms with Crippen LogP contribution in [-0.2, 0) is 19.2 Å². The van der Waals surface area contributed by atoms with E-state index in [0.717, 1.165) is 32.0 Å². The number of likely N-dealkylation sites (tertiary alicyclic amines) is 1. The number of nitrogens with one attached hydrogen (secondary N) is 4. The Balaban J connectivity index is -0.000000438. The van der Waals surface area contributed by atoms with Gasteiger partial charge >= 0.3 is 6.03 Å². The molecule has 4 N–H and O–H groups in total. The highest BCUT2D eigenvalue weighted by molar-refractivity contribution is 7.94. The number of urea groups is 1. The number of unbranched alkanes of at least 4 members (excludes halogenated alkanes) is 2. The van der Waals surface area contributed by atoms with Crippen LogP contribution in [0.15, 0.2) is 12.7 Å². The van der Waals surface area contributed by atoms with Crippen LogP contribution in [0.2, 0.25) is 0 Å². The third-order valence-corrected chi connectivity index (χ3v) is 8.37. The Morgan fingerprint density at radius 1 is 0.925 bits per heavy atom. The van der Waals surface area contributed by atoms with Crippen molar-refractivity contribution in [2.45, 2.75) is 159 Å². The fourth-order valence-electron chi connectivity index (χ4n) is 4.87. The summed E-state index contributed by atoms with van der Waals surface area (Å²) in [6.07, 6.45) is 8.98. The van der Waals surface area contributed by atoms with E-state index in [1.54, 1.807) is 30.2 Å². The monoisotopic (exact) mass is 774 g/mol. The topological polar surface area (TPSA) is 143 Å². The number of Topliss-reactive ketones (excluding diaryl/α,β-unsaturated/α-hetero) is 1. The van der Waals surface area contributed by atoms with Crippen LogP contribution >= 0.6 is 12.1 Å². The number of rotatable bonds is 17. The normalized spacial score (nSPS) is 15.3. The van der Waals surface area contributed by atoms with Crippen LogP contribution in [0.25, 0.3) is 0 Å². The van der Waals surface area contributed by atoms with Gasteiger partial charge in [0, 0.05) is 37.8 Å². The van der Waals surface area contributed by atoms with Gasteiger partial charge in [0.2, 0.25) is 11.7 Å². The van der Waals surface area contributed by atoms with E-state index in [-0.39, 0.29) is 35.2 Å². The van der Waals surface area contributed by atoms with E-state index >= 15 is 0 Å². The summed E-state index contributed by atoms with van der Waals surface area (Å²) in [6.45, 7) is 31.4. The largest absolute Gasteiger partial charge is 0.346 e. The molecule has 0 saturated carbocycles. The lowest BCUT2D eigenvalue weighted by Gasteiger charge is -2.37. The third-order valence-electron chi connectivity index (χ3n) is 7.61. The van der Waals surface area contributed by atoms with Crippen LogP contribution in [0.4, 0.5) is 4.79 Å². The summed E-state index contributed by atoms with van der Waals surface area (Å²) in [5, 5.41) is 11.3. The number of nitrogens with zero attached hydrogens (tertiary/aromatic N) is 3. The molecule has 4 amide bonds. The predicted octanol–water partition coefficient (Wildman–Crippen LogP) is 6.86. The van der Waals surface area contributed by atoms with E-state index in [0.29, 0.717) is 32.5 Å². The highest BCUT2D eigenvalue weighted by atomic mass is 32.2. The second kappa shape index (κ2) is 32.9. The van der Waals surface area contributed by atoms with Crippen molar-refractivity contribution in [2.75, 3.05) is 47.8 Å². The Hall–Kier alpha value is -2.48. The SMILES string of the molecule is C=CCNC(=O)C(=O)C(CCCCC)NC.CC.CC.CCC.CN(C)SN(C)CC(NC(=O)NC(C(=O)N1CCCC1C=O)C(C)(C)C)C(C)(C)C. The van der Waals surface area contributed by atoms with Gasteiger partial charge in [-0.2, -0.15) is 0 Å². The number of likely N-dealkylation sites (N-methyl/N-ethyl adjacent to an activating group) is 2. The van der Waals surface area contributed by atoms with E-state index in [1.807, 2.05) is 73.9 Å². The van der Waals surface area contributed by atoms with Crippen LogP contribution in [0.1, 0.15) is 135 Å². The van der Waals surface area contributed by atoms with Crippen LogP contribution in [-0.4, -0.2) is 115 Å². The average molecular weight is 774 g/mol. The van der Waals surface area contributed by atoms with Crippen molar-refractivity contribution in [3.63, 3.8) is 0 Å². The molecule has 314 valence electrons. The van der Waals surface area contributed by atoms with E-state index in [2.05, 4.69) is 73.7 Å². The molecular formula is C40H83N7O5S. The number of amides is 4. The van der Waals surface area contributed by atoms with Crippen LogP contribution in [0.3, 0.4) is 0 Å². The molecule has 0 aromatic heterocycles. The lowest BCUT2D eigenvalue weighted by Crippen LogP contribution is -2.60. The second-order valence-electron chi connectivity index (χ2n) is 14.8. The minimum absolute atomic E-state index is 0.125. The van der Waals surface area contributed by atoms with Crippen molar-refractivity contribution >= 4 is 42.0 Å². The van der Waals surface area contributed by atoms with Gasteiger partial charge in [-0.3, -0.25) is 14.4 Å². The van der Waals surface area contributed by atoms with E-state index in [9.17, 15) is 24.0 Å². The molecule has 4 atom stereocenters. The van der Waals surface area contributed by atoms with Gasteiger partial charge in [0.15, 0.2) is 0 Å². The number of carbonyl (C=O) groups is 5. The molecule has 1 aliphatic rings. The van der Waals surface area contributed by atoms with Gasteiger partial charge in [-0.15, -0.1) is 6.58 Å². The molecule has 1 aliphatic heterocycles. The van der Waals surface area contributed by atoms with Gasteiger partial charge in [0.25, 0.3) is 5.91 Å². The van der Waals surface area contributed by atoms with Crippen LogP contribution in [0, 0.1) is 10.8 Å². The number of carbonyl (C=O) groups excluding carboxylic acids is 5. The van der Waals surface area contributed by atoms with E-state index in [4.69, 9.17) is 0 Å². The zero-order valence-corrected chi connectivity index (χ0v) is 37.8. The number of ketones is 1. The van der Waals surface area contributed by atoms with Gasteiger partial charge in [-0.1, -0.05) is 122 Å². The summed E-state index contributed by atoms with van der Waals surface area (Å²) in [7, 11) is 7.63. The maximum Gasteiger partial charge on any atom is 0.315 e. The summed E-state index contributed by atoms with van der Waals surface area (Å²) in [4.78, 5) is 62.1. The van der Waals surface area contributed by atoms with Gasteiger partial charge in [-0.05, 0) is 58.3 Å². The molecule has 1 fully saturated rings. The Labute approximate surface area is 330 Å². The fourth-order valence-corrected chi connectivity index (χ4v) is 5.65. The number of hydrogen-bond donors (Lipinski definition) is 4. The van der Waals surface area contributed by atoms with Gasteiger partial charge in [0.05, 0.1) is 12.1 Å². The van der Waals surface area contributed by atoms with Gasteiger partial charge in [0.1, 0.15) is 12.3 Å². The average Bonchev–Trinajstić information content (AvgIpc) is 3.58. The first kappa shape index (κ1) is 57.2. The zero-order chi connectivity index (χ0) is 42.4. The second-order valence-corrected chi connectivity index (χ2v) is 16.3. The van der Waals surface area contributed by atoms with Crippen molar-refractivity contribution in [1.82, 2.24) is 34.8 Å². The molecule has 0 aliphatic carbocycles. The highest BCUT2D eigenvalue weighted by Crippen LogP contribution is 2.26. The zero-order valence-electron chi connectivity index (χ0n) is 37.0. The maximum absolute atomic E-state index is 13.2. The summed E-state index contributed by atoms with van der Waals surface area (Å²) >= 11 is 1.57. The molecule has 12 nitrogen and oxygen atoms in total. The van der Waals surface area contributed by atoms with Gasteiger partial charge < -0.3 is 31.0 Å². The molecule has 4 unspecified atom stereocenters. The van der Waals surface area contributed by atoms with Crippen molar-refractivity contribution < 1.29 is 24.0 Å². The molecule has 53 heavy (non-hydrogen) atoms. The van der Waals surface area contributed by atoms with Crippen molar-refractivity contribution in [2.24, 2.45) is 10.8 Å². The molecular weight excluding hydrogens is 691 g/mol. The molecule has 1 saturated heterocycles. The first-order valence-electron chi connectivity index (χ1n) is 19.7. The number of hydrogen-bond acceptors (Lipinski definition) is 9. The van der Waals surface area contributed by atoms with Crippen LogP contribution < -0.4 is 21.3 Å². The predicted molar refractivity (Wildman–Crippen MR) is 227 cm³/mol. The Bertz CT molecular complexity index is 999. The van der Waals surface area contributed by atoms with E-state index < -0.39 is 23.4 Å². The van der Waals surface area contributed by atoms with Crippen LogP contribution in [0.5, 0.6) is 0 Å². The third kappa shape index (κ3) is 26.9. The van der Waals surface area contributed by atoms with Crippen molar-refractivity contribution in [3.8, 4) is 0 Å². The highest BCUT2D eigenvalue weighted by Gasteiger charge is 2.40. The standard InChI is InChI=1S/C21H41N5O3S.C12H22N2O2.C3H8.2C2H6/c1-20(2,3)16(13-25(9)30-24(7)8)22-19(29)23-17(21(4,5)6)18(28)26-12-10-11-15(26)14-27;1-4-6-7-8-10(13-3)11(15)12(16)14-9-5-2;1-3-2;2*1-2/h14-17H,10-13H2,1-9H3,(H2,22,23,29);5,10,13H,2,4,6-9H2,1,3H3,(H,14,16);3H2,1-2H3;2*1-2H3. The number of aldehydes is 1. The Kier molecular flexibility index (Phi) is 35.5. The molecule has 13 heteroatoms. The molecule has 0 bridgehead atoms. The fraction of sp³-hybridized carbons (Fsp3) is 0.825. The molecule has 0 aromatic rings. The smallest absolute Gasteiger partial charge is 0.315 e. The lowest BCUT2D eigenvalue weighted by molar-refractivity contribution is -0.139. The minimum Gasteiger partial charge on any atom is -0.346 e. The Morgan fingerprint density at radius 2 is 1.47 bits per heavy atom. The summed E-state index contributed by atoms with van der Waals surface area (Å²) < 4.78 is 4.06. The molecule has 1 heterocycles. The van der Waals surface area contributed by atoms with E-state index in [1.165, 1.54) is 6.42 Å². The quantitative estimate of drug-likeness (QED) is 0.0410. The van der Waals surface area contributed by atoms with Crippen molar-refractivity contribution in [3.05, 3.63) is 12.7 Å². The summed E-state index contributed by atoms with van der Waals surface area (Å²) in [6, 6.07) is -1.97. The lowest BCUT2D eigenvalue weighted by atomic mass is 9.85. The summed E-state index contributed by atoms with van der Waals surface area (Å²) in [5.41, 5.74) is -0.656. The minimum atomic E-state index is -0.715. The first-order valence-corrected chi connectivity index (χ1v) is 20.5. The van der Waals surface area contributed by atoms with Crippen molar-refractivity contribution in [1.29, 1.82) is 0 Å². The first-order chi connectivity index (χ1) is 24.7. The molecule has 0 aromatic carbocycles.